The molecule has 2 unspecified atom stereocenters. The number of halogens is 2. The van der Waals surface area contributed by atoms with Crippen LogP contribution in [0.15, 0.2) is 42.2 Å². The largest absolute Gasteiger partial charge is 0.511 e. The summed E-state index contributed by atoms with van der Waals surface area (Å²) < 4.78 is 0. The standard InChI is InChI=1S/C25H24Cl2O2/c1-2-13-3-8-16(18-10-9-17(26)12-20(18)27)11-19(13)23-24(28)21-14-4-5-15(7-6-14)22(21)25(23)29/h3,8-12,14-15,21-22,28H,2,4-7H2,1H3. The minimum absolute atomic E-state index is 0.0232. The molecule has 1 N–H and O–H groups in total. The van der Waals surface area contributed by atoms with Crippen LogP contribution in [0, 0.1) is 23.7 Å². The molecular weight excluding hydrogens is 403 g/mol. The number of hydrogen-bond acceptors (Lipinski definition) is 2. The van der Waals surface area contributed by atoms with Crippen molar-refractivity contribution in [2.75, 3.05) is 0 Å². The topological polar surface area (TPSA) is 37.3 Å². The van der Waals surface area contributed by atoms with Crippen molar-refractivity contribution in [3.63, 3.8) is 0 Å². The molecule has 2 aromatic rings. The Kier molecular flexibility index (Phi) is 4.75. The maximum absolute atomic E-state index is 13.5. The monoisotopic (exact) mass is 426 g/mol. The number of benzene rings is 2. The van der Waals surface area contributed by atoms with E-state index in [2.05, 4.69) is 13.0 Å². The smallest absolute Gasteiger partial charge is 0.170 e. The molecule has 4 aliphatic rings. The van der Waals surface area contributed by atoms with E-state index in [-0.39, 0.29) is 17.6 Å². The van der Waals surface area contributed by atoms with Gasteiger partial charge in [0.15, 0.2) is 5.78 Å². The van der Waals surface area contributed by atoms with Gasteiger partial charge in [0.1, 0.15) is 5.76 Å². The summed E-state index contributed by atoms with van der Waals surface area (Å²) in [5.41, 5.74) is 4.32. The van der Waals surface area contributed by atoms with Gasteiger partial charge >= 0.3 is 0 Å². The summed E-state index contributed by atoms with van der Waals surface area (Å²) in [5.74, 6) is 1.36. The van der Waals surface area contributed by atoms with E-state index in [0.717, 1.165) is 54.4 Å². The number of rotatable bonds is 3. The van der Waals surface area contributed by atoms with Gasteiger partial charge in [-0.2, -0.15) is 0 Å². The van der Waals surface area contributed by atoms with E-state index in [9.17, 15) is 9.90 Å². The molecule has 3 saturated carbocycles. The molecule has 4 heteroatoms. The predicted molar refractivity (Wildman–Crippen MR) is 118 cm³/mol. The molecular formula is C25H24Cl2O2. The Balaban J connectivity index is 1.64. The first-order valence-corrected chi connectivity index (χ1v) is 11.3. The molecule has 2 atom stereocenters. The lowest BCUT2D eigenvalue weighted by atomic mass is 9.59. The molecule has 0 radical (unpaired) electrons. The van der Waals surface area contributed by atoms with Crippen LogP contribution in [0.5, 0.6) is 0 Å². The number of fused-ring (bicyclic) bond motifs is 2. The number of aliphatic hydroxyl groups is 1. The number of aryl methyl sites for hydroxylation is 1. The van der Waals surface area contributed by atoms with Gasteiger partial charge in [0.2, 0.25) is 0 Å². The highest BCUT2D eigenvalue weighted by Crippen LogP contribution is 2.57. The molecule has 3 fully saturated rings. The molecule has 2 nitrogen and oxygen atoms in total. The molecule has 2 bridgehead atoms. The Hall–Kier alpha value is -1.77. The summed E-state index contributed by atoms with van der Waals surface area (Å²) in [5, 5.41) is 12.4. The van der Waals surface area contributed by atoms with Gasteiger partial charge in [-0.25, -0.2) is 0 Å². The molecule has 0 spiro atoms. The van der Waals surface area contributed by atoms with E-state index >= 15 is 0 Å². The number of Topliss-reactive ketones (excluding diaryl/α,β-unsaturated/α-hetero) is 1. The summed E-state index contributed by atoms with van der Waals surface area (Å²) in [7, 11) is 0. The van der Waals surface area contributed by atoms with Gasteiger partial charge in [-0.3, -0.25) is 4.79 Å². The summed E-state index contributed by atoms with van der Waals surface area (Å²) in [6.45, 7) is 2.08. The zero-order chi connectivity index (χ0) is 20.3. The Labute approximate surface area is 181 Å². The summed E-state index contributed by atoms with van der Waals surface area (Å²) >= 11 is 12.5. The Bertz CT molecular complexity index is 1030. The minimum Gasteiger partial charge on any atom is -0.511 e. The molecule has 2 aromatic carbocycles. The number of ketones is 1. The van der Waals surface area contributed by atoms with Crippen LogP contribution in [0.4, 0.5) is 0 Å². The summed E-state index contributed by atoms with van der Waals surface area (Å²) in [6, 6.07) is 11.6. The van der Waals surface area contributed by atoms with Gasteiger partial charge in [0, 0.05) is 27.4 Å². The van der Waals surface area contributed by atoms with Crippen molar-refractivity contribution in [3.8, 4) is 11.1 Å². The lowest BCUT2D eigenvalue weighted by Crippen LogP contribution is -2.41. The third-order valence-electron chi connectivity index (χ3n) is 7.34. The lowest BCUT2D eigenvalue weighted by molar-refractivity contribution is -0.123. The van der Waals surface area contributed by atoms with Gasteiger partial charge in [-0.1, -0.05) is 48.3 Å². The fourth-order valence-electron chi connectivity index (χ4n) is 5.96. The fourth-order valence-corrected chi connectivity index (χ4v) is 6.48. The number of carbonyl (C=O) groups excluding carboxylic acids is 1. The molecule has 6 rings (SSSR count). The van der Waals surface area contributed by atoms with Crippen molar-refractivity contribution in [2.24, 2.45) is 23.7 Å². The third-order valence-corrected chi connectivity index (χ3v) is 7.89. The highest BCUT2D eigenvalue weighted by molar-refractivity contribution is 6.36. The Morgan fingerprint density at radius 1 is 0.931 bits per heavy atom. The van der Waals surface area contributed by atoms with Crippen LogP contribution in [-0.2, 0) is 11.2 Å². The van der Waals surface area contributed by atoms with E-state index in [4.69, 9.17) is 23.2 Å². The van der Waals surface area contributed by atoms with Crippen molar-refractivity contribution in [1.29, 1.82) is 0 Å². The van der Waals surface area contributed by atoms with Gasteiger partial charge in [-0.05, 0) is 78.8 Å². The van der Waals surface area contributed by atoms with Crippen LogP contribution in [0.2, 0.25) is 10.0 Å². The molecule has 0 aromatic heterocycles. The SMILES string of the molecule is CCc1ccc(-c2ccc(Cl)cc2Cl)cc1C1=C(O)C2C3CCC(CC3)C2C1=O. The summed E-state index contributed by atoms with van der Waals surface area (Å²) in [6.07, 6.45) is 5.32. The van der Waals surface area contributed by atoms with E-state index in [0.29, 0.717) is 33.2 Å². The molecule has 0 amide bonds. The number of aliphatic hydroxyl groups excluding tert-OH is 1. The molecule has 0 saturated heterocycles. The zero-order valence-corrected chi connectivity index (χ0v) is 17.9. The molecule has 0 aliphatic heterocycles. The number of carbonyl (C=O) groups is 1. The highest BCUT2D eigenvalue weighted by Gasteiger charge is 2.54. The van der Waals surface area contributed by atoms with Gasteiger partial charge in [0.25, 0.3) is 0 Å². The third kappa shape index (κ3) is 2.95. The molecule has 150 valence electrons. The van der Waals surface area contributed by atoms with E-state index in [1.807, 2.05) is 24.3 Å². The predicted octanol–water partition coefficient (Wildman–Crippen LogP) is 7.13. The molecule has 0 heterocycles. The van der Waals surface area contributed by atoms with E-state index < -0.39 is 0 Å². The van der Waals surface area contributed by atoms with Crippen molar-refractivity contribution in [3.05, 3.63) is 63.3 Å². The maximum Gasteiger partial charge on any atom is 0.170 e. The number of hydrogen-bond donors (Lipinski definition) is 1. The Morgan fingerprint density at radius 3 is 2.24 bits per heavy atom. The molecule has 4 aliphatic carbocycles. The average Bonchev–Trinajstić information content (AvgIpc) is 3.01. The number of allylic oxidation sites excluding steroid dienone is 2. The van der Waals surface area contributed by atoms with Crippen LogP contribution < -0.4 is 0 Å². The maximum atomic E-state index is 13.5. The van der Waals surface area contributed by atoms with Crippen LogP contribution in [0.1, 0.15) is 43.7 Å². The first-order valence-electron chi connectivity index (χ1n) is 10.6. The van der Waals surface area contributed by atoms with Gasteiger partial charge in [0.05, 0.1) is 5.57 Å². The van der Waals surface area contributed by atoms with Crippen molar-refractivity contribution in [2.45, 2.75) is 39.0 Å². The van der Waals surface area contributed by atoms with Gasteiger partial charge < -0.3 is 5.11 Å². The van der Waals surface area contributed by atoms with E-state index in [1.54, 1.807) is 6.07 Å². The lowest BCUT2D eigenvalue weighted by Gasteiger charge is -2.44. The van der Waals surface area contributed by atoms with Crippen LogP contribution in [0.3, 0.4) is 0 Å². The van der Waals surface area contributed by atoms with Crippen LogP contribution in [0.25, 0.3) is 16.7 Å². The first-order chi connectivity index (χ1) is 14.0. The van der Waals surface area contributed by atoms with Crippen molar-refractivity contribution in [1.82, 2.24) is 0 Å². The van der Waals surface area contributed by atoms with Crippen LogP contribution >= 0.6 is 23.2 Å². The van der Waals surface area contributed by atoms with E-state index in [1.165, 1.54) is 0 Å². The second kappa shape index (κ2) is 7.18. The first kappa shape index (κ1) is 19.2. The second-order valence-corrected chi connectivity index (χ2v) is 9.54. The quantitative estimate of drug-likeness (QED) is 0.566. The Morgan fingerprint density at radius 2 is 1.62 bits per heavy atom. The minimum atomic E-state index is -0.0232. The molecule has 29 heavy (non-hydrogen) atoms. The highest BCUT2D eigenvalue weighted by atomic mass is 35.5. The normalized spacial score (nSPS) is 28.2. The van der Waals surface area contributed by atoms with Crippen LogP contribution in [-0.4, -0.2) is 10.9 Å². The fraction of sp³-hybridized carbons (Fsp3) is 0.400. The second-order valence-electron chi connectivity index (χ2n) is 8.70. The van der Waals surface area contributed by atoms with Crippen molar-refractivity contribution >= 4 is 34.6 Å². The van der Waals surface area contributed by atoms with Crippen molar-refractivity contribution < 1.29 is 9.90 Å². The van der Waals surface area contributed by atoms with Gasteiger partial charge in [-0.15, -0.1) is 0 Å². The summed E-state index contributed by atoms with van der Waals surface area (Å²) in [4.78, 5) is 13.5. The average molecular weight is 427 g/mol. The zero-order valence-electron chi connectivity index (χ0n) is 16.4.